The molecule has 4 heterocycles. The molecule has 2 aliphatic rings. The Labute approximate surface area is 204 Å². The molecule has 2 aliphatic heterocycles. The molecule has 0 spiro atoms. The predicted molar refractivity (Wildman–Crippen MR) is 133 cm³/mol. The smallest absolute Gasteiger partial charge is 0.177 e. The van der Waals surface area contributed by atoms with Gasteiger partial charge < -0.3 is 10.1 Å². The molecular formula is C26H25N5O3S. The van der Waals surface area contributed by atoms with Gasteiger partial charge in [-0.3, -0.25) is 9.98 Å². The summed E-state index contributed by atoms with van der Waals surface area (Å²) < 4.78 is 31.2. The molecular weight excluding hydrogens is 462 g/mol. The van der Waals surface area contributed by atoms with Gasteiger partial charge in [-0.05, 0) is 55.7 Å². The highest BCUT2D eigenvalue weighted by Crippen LogP contribution is 2.39. The monoisotopic (exact) mass is 487 g/mol. The van der Waals surface area contributed by atoms with Gasteiger partial charge in [0.2, 0.25) is 0 Å². The number of hydrogen-bond acceptors (Lipinski definition) is 8. The van der Waals surface area contributed by atoms with Crippen molar-refractivity contribution in [1.82, 2.24) is 9.97 Å². The van der Waals surface area contributed by atoms with E-state index in [9.17, 15) is 8.42 Å². The zero-order valence-electron chi connectivity index (χ0n) is 19.6. The molecule has 8 nitrogen and oxygen atoms in total. The lowest BCUT2D eigenvalue weighted by atomic mass is 10.1. The second-order valence-corrected chi connectivity index (χ2v) is 10.9. The molecule has 2 aromatic heterocycles. The van der Waals surface area contributed by atoms with E-state index in [1.165, 1.54) is 6.26 Å². The highest BCUT2D eigenvalue weighted by molar-refractivity contribution is 7.90. The first-order valence-corrected chi connectivity index (χ1v) is 13.3. The molecule has 1 aromatic carbocycles. The van der Waals surface area contributed by atoms with Crippen molar-refractivity contribution in [2.24, 2.45) is 4.99 Å². The number of nitriles is 1. The molecule has 178 valence electrons. The Morgan fingerprint density at radius 1 is 1.14 bits per heavy atom. The maximum Gasteiger partial charge on any atom is 0.177 e. The van der Waals surface area contributed by atoms with Gasteiger partial charge in [0.15, 0.2) is 9.84 Å². The second-order valence-electron chi connectivity index (χ2n) is 8.94. The van der Waals surface area contributed by atoms with Crippen LogP contribution < -0.4 is 5.32 Å². The minimum atomic E-state index is -3.51. The molecule has 0 aliphatic carbocycles. The number of fused-ring (bicyclic) bond motifs is 1. The minimum Gasteiger partial charge on any atom is -0.374 e. The van der Waals surface area contributed by atoms with E-state index in [2.05, 4.69) is 21.4 Å². The third kappa shape index (κ3) is 4.94. The Morgan fingerprint density at radius 3 is 2.74 bits per heavy atom. The average molecular weight is 488 g/mol. The number of pyridine rings is 2. The van der Waals surface area contributed by atoms with Crippen molar-refractivity contribution in [3.8, 4) is 6.07 Å². The molecule has 1 atom stereocenters. The van der Waals surface area contributed by atoms with E-state index >= 15 is 0 Å². The van der Waals surface area contributed by atoms with Crippen molar-refractivity contribution in [3.63, 3.8) is 0 Å². The second kappa shape index (κ2) is 9.21. The summed E-state index contributed by atoms with van der Waals surface area (Å²) in [6, 6.07) is 14.7. The molecule has 1 saturated heterocycles. The highest BCUT2D eigenvalue weighted by Gasteiger charge is 2.24. The van der Waals surface area contributed by atoms with Crippen LogP contribution >= 0.6 is 0 Å². The number of nitrogens with zero attached hydrogens (tertiary/aromatic N) is 4. The van der Waals surface area contributed by atoms with E-state index in [4.69, 9.17) is 15.0 Å². The van der Waals surface area contributed by atoms with Crippen LogP contribution in [0.2, 0.25) is 0 Å². The quantitative estimate of drug-likeness (QED) is 0.540. The van der Waals surface area contributed by atoms with Crippen LogP contribution in [0, 0.1) is 11.3 Å². The van der Waals surface area contributed by atoms with E-state index in [0.29, 0.717) is 42.2 Å². The molecule has 1 fully saturated rings. The molecule has 35 heavy (non-hydrogen) atoms. The Kier molecular flexibility index (Phi) is 6.09. The van der Waals surface area contributed by atoms with Crippen molar-refractivity contribution >= 4 is 32.6 Å². The summed E-state index contributed by atoms with van der Waals surface area (Å²) in [6.45, 7) is 2.63. The van der Waals surface area contributed by atoms with Gasteiger partial charge in [0.1, 0.15) is 17.5 Å². The van der Waals surface area contributed by atoms with Gasteiger partial charge in [0.25, 0.3) is 0 Å². The van der Waals surface area contributed by atoms with Gasteiger partial charge >= 0.3 is 0 Å². The molecule has 0 amide bonds. The maximum absolute atomic E-state index is 12.7. The lowest BCUT2D eigenvalue weighted by Gasteiger charge is -2.17. The number of sulfone groups is 1. The van der Waals surface area contributed by atoms with Gasteiger partial charge in [0.05, 0.1) is 28.1 Å². The van der Waals surface area contributed by atoms with E-state index < -0.39 is 9.84 Å². The number of rotatable bonds is 6. The first kappa shape index (κ1) is 23.1. The SMILES string of the molecule is CC1=Nc2c(Nc3ccc([C@H]4CCCO4)cc3S(C)(=O)=O)cc(Cc3cccc(C#N)n3)nc2C1. The fourth-order valence-corrected chi connectivity index (χ4v) is 5.39. The lowest BCUT2D eigenvalue weighted by Crippen LogP contribution is -2.07. The minimum absolute atomic E-state index is 0.0785. The van der Waals surface area contributed by atoms with E-state index in [1.807, 2.05) is 25.1 Å². The summed E-state index contributed by atoms with van der Waals surface area (Å²) in [5.74, 6) is 0. The summed E-state index contributed by atoms with van der Waals surface area (Å²) in [5, 5.41) is 12.5. The molecule has 0 radical (unpaired) electrons. The number of aliphatic imine (C=N–C) groups is 1. The van der Waals surface area contributed by atoms with Crippen LogP contribution in [0.5, 0.6) is 0 Å². The number of ether oxygens (including phenoxy) is 1. The maximum atomic E-state index is 12.7. The topological polar surface area (TPSA) is 117 Å². The van der Waals surface area contributed by atoms with Crippen molar-refractivity contribution in [1.29, 1.82) is 5.26 Å². The first-order chi connectivity index (χ1) is 16.8. The fourth-order valence-electron chi connectivity index (χ4n) is 4.52. The normalized spacial score (nSPS) is 17.1. The molecule has 9 heteroatoms. The van der Waals surface area contributed by atoms with Crippen LogP contribution in [0.15, 0.2) is 52.4 Å². The number of anilines is 2. The third-order valence-electron chi connectivity index (χ3n) is 6.10. The Balaban J connectivity index is 1.54. The zero-order chi connectivity index (χ0) is 24.6. The summed E-state index contributed by atoms with van der Waals surface area (Å²) in [5.41, 5.74) is 6.37. The number of aromatic nitrogens is 2. The van der Waals surface area contributed by atoms with Crippen LogP contribution in [0.25, 0.3) is 0 Å². The summed E-state index contributed by atoms with van der Waals surface area (Å²) in [6.07, 6.45) is 4.05. The van der Waals surface area contributed by atoms with Crippen molar-refractivity contribution in [2.75, 3.05) is 18.2 Å². The standard InChI is InChI=1S/C26H25N5O3S/c1-16-11-22-26(28-16)23(14-20(30-22)13-18-5-3-6-19(15-27)29-18)31-21-9-8-17(24-7-4-10-34-24)12-25(21)35(2,32)33/h3,5-6,8-9,12,14,24H,4,7,10-11,13H2,1-2H3,(H,30,31)/t24-/m1/s1. The molecule has 0 unspecified atom stereocenters. The number of nitrogens with one attached hydrogen (secondary N) is 1. The third-order valence-corrected chi connectivity index (χ3v) is 7.24. The van der Waals surface area contributed by atoms with E-state index in [1.54, 1.807) is 24.3 Å². The van der Waals surface area contributed by atoms with Gasteiger partial charge in [-0.2, -0.15) is 5.26 Å². The summed E-state index contributed by atoms with van der Waals surface area (Å²) >= 11 is 0. The molecule has 0 bridgehead atoms. The highest BCUT2D eigenvalue weighted by atomic mass is 32.2. The lowest BCUT2D eigenvalue weighted by molar-refractivity contribution is 0.112. The van der Waals surface area contributed by atoms with Gasteiger partial charge in [-0.25, -0.2) is 13.4 Å². The number of hydrogen-bond donors (Lipinski definition) is 1. The molecule has 3 aromatic rings. The van der Waals surface area contributed by atoms with Crippen molar-refractivity contribution in [2.45, 2.75) is 43.6 Å². The van der Waals surface area contributed by atoms with Gasteiger partial charge in [-0.1, -0.05) is 12.1 Å². The van der Waals surface area contributed by atoms with Gasteiger partial charge in [0, 0.05) is 42.8 Å². The number of benzene rings is 1. The summed E-state index contributed by atoms with van der Waals surface area (Å²) in [7, 11) is -3.51. The van der Waals surface area contributed by atoms with Crippen molar-refractivity contribution in [3.05, 3.63) is 70.8 Å². The largest absolute Gasteiger partial charge is 0.374 e. The van der Waals surface area contributed by atoms with E-state index in [-0.39, 0.29) is 11.0 Å². The molecule has 0 saturated carbocycles. The van der Waals surface area contributed by atoms with Crippen molar-refractivity contribution < 1.29 is 13.2 Å². The van der Waals surface area contributed by atoms with Crippen LogP contribution in [-0.2, 0) is 27.4 Å². The average Bonchev–Trinajstić information content (AvgIpc) is 3.48. The Morgan fingerprint density at radius 2 is 2.00 bits per heavy atom. The van der Waals surface area contributed by atoms with Crippen LogP contribution in [0.4, 0.5) is 17.1 Å². The fraction of sp³-hybridized carbons (Fsp3) is 0.308. The Bertz CT molecular complexity index is 1490. The van der Waals surface area contributed by atoms with Gasteiger partial charge in [-0.15, -0.1) is 0 Å². The first-order valence-electron chi connectivity index (χ1n) is 11.5. The molecule has 5 rings (SSSR count). The summed E-state index contributed by atoms with van der Waals surface area (Å²) in [4.78, 5) is 14.0. The van der Waals surface area contributed by atoms with Crippen LogP contribution in [0.3, 0.4) is 0 Å². The van der Waals surface area contributed by atoms with Crippen LogP contribution in [-0.4, -0.2) is 37.0 Å². The predicted octanol–water partition coefficient (Wildman–Crippen LogP) is 4.59. The van der Waals surface area contributed by atoms with Crippen LogP contribution in [0.1, 0.15) is 54.2 Å². The molecule has 1 N–H and O–H groups in total. The zero-order valence-corrected chi connectivity index (χ0v) is 20.4. The van der Waals surface area contributed by atoms with E-state index in [0.717, 1.165) is 41.2 Å². The Hall–Kier alpha value is -3.61.